The number of rotatable bonds is 8. The fraction of sp³-hybridized carbons (Fsp3) is 0.333. The predicted molar refractivity (Wildman–Crippen MR) is 83.8 cm³/mol. The van der Waals surface area contributed by atoms with Gasteiger partial charge in [0, 0.05) is 12.1 Å². The SMILES string of the molecule is OCCOCCNCc1ccc(-c2cccc(Cl)c2Cl)o1. The number of aliphatic hydroxyl groups is 1. The zero-order valence-corrected chi connectivity index (χ0v) is 13.0. The highest BCUT2D eigenvalue weighted by Gasteiger charge is 2.10. The summed E-state index contributed by atoms with van der Waals surface area (Å²) in [7, 11) is 0. The van der Waals surface area contributed by atoms with Crippen LogP contribution in [0.2, 0.25) is 10.0 Å². The van der Waals surface area contributed by atoms with Crippen molar-refractivity contribution in [2.24, 2.45) is 0 Å². The van der Waals surface area contributed by atoms with E-state index in [-0.39, 0.29) is 6.61 Å². The summed E-state index contributed by atoms with van der Waals surface area (Å²) >= 11 is 12.2. The third-order valence-electron chi connectivity index (χ3n) is 2.84. The Morgan fingerprint density at radius 1 is 1.14 bits per heavy atom. The second-order valence-electron chi connectivity index (χ2n) is 4.38. The quantitative estimate of drug-likeness (QED) is 0.729. The number of ether oxygens (including phenoxy) is 1. The molecule has 2 aromatic rings. The van der Waals surface area contributed by atoms with Crippen molar-refractivity contribution in [1.82, 2.24) is 5.32 Å². The summed E-state index contributed by atoms with van der Waals surface area (Å²) in [4.78, 5) is 0. The van der Waals surface area contributed by atoms with E-state index in [0.717, 1.165) is 11.3 Å². The number of benzene rings is 1. The fourth-order valence-corrected chi connectivity index (χ4v) is 2.23. The van der Waals surface area contributed by atoms with Crippen molar-refractivity contribution in [3.63, 3.8) is 0 Å². The average molecular weight is 330 g/mol. The van der Waals surface area contributed by atoms with Crippen LogP contribution in [-0.2, 0) is 11.3 Å². The van der Waals surface area contributed by atoms with Crippen molar-refractivity contribution in [3.8, 4) is 11.3 Å². The van der Waals surface area contributed by atoms with Crippen molar-refractivity contribution in [1.29, 1.82) is 0 Å². The van der Waals surface area contributed by atoms with Gasteiger partial charge in [-0.15, -0.1) is 0 Å². The van der Waals surface area contributed by atoms with Crippen molar-refractivity contribution in [2.45, 2.75) is 6.54 Å². The highest BCUT2D eigenvalue weighted by atomic mass is 35.5. The Labute approximate surface area is 133 Å². The molecule has 0 radical (unpaired) electrons. The number of halogens is 2. The van der Waals surface area contributed by atoms with Crippen LogP contribution in [0.3, 0.4) is 0 Å². The Morgan fingerprint density at radius 2 is 2.00 bits per heavy atom. The first kappa shape index (κ1) is 16.3. The Bertz CT molecular complexity index is 572. The van der Waals surface area contributed by atoms with Gasteiger partial charge >= 0.3 is 0 Å². The molecule has 0 bridgehead atoms. The molecule has 0 amide bonds. The summed E-state index contributed by atoms with van der Waals surface area (Å²) in [6.45, 7) is 2.24. The van der Waals surface area contributed by atoms with Crippen LogP contribution in [0.25, 0.3) is 11.3 Å². The molecule has 6 heteroatoms. The lowest BCUT2D eigenvalue weighted by Gasteiger charge is -2.04. The first-order chi connectivity index (χ1) is 10.2. The average Bonchev–Trinajstić information content (AvgIpc) is 2.94. The maximum absolute atomic E-state index is 8.57. The molecule has 2 N–H and O–H groups in total. The molecule has 0 aliphatic carbocycles. The van der Waals surface area contributed by atoms with Gasteiger partial charge in [-0.3, -0.25) is 0 Å². The molecule has 0 atom stereocenters. The minimum absolute atomic E-state index is 0.0436. The van der Waals surface area contributed by atoms with Gasteiger partial charge in [0.25, 0.3) is 0 Å². The van der Waals surface area contributed by atoms with Gasteiger partial charge < -0.3 is 19.6 Å². The van der Waals surface area contributed by atoms with Crippen molar-refractivity contribution < 1.29 is 14.3 Å². The summed E-state index contributed by atoms with van der Waals surface area (Å²) in [5.41, 5.74) is 0.779. The van der Waals surface area contributed by atoms with E-state index >= 15 is 0 Å². The third-order valence-corrected chi connectivity index (χ3v) is 3.66. The molecule has 21 heavy (non-hydrogen) atoms. The maximum atomic E-state index is 8.57. The van der Waals surface area contributed by atoms with Gasteiger partial charge in [-0.2, -0.15) is 0 Å². The molecule has 114 valence electrons. The standard InChI is InChI=1S/C15H17Cl2NO3/c16-13-3-1-2-12(15(13)17)14-5-4-11(21-14)10-18-6-8-20-9-7-19/h1-5,18-19H,6-10H2. The summed E-state index contributed by atoms with van der Waals surface area (Å²) in [6.07, 6.45) is 0. The molecular formula is C15H17Cl2NO3. The van der Waals surface area contributed by atoms with E-state index in [9.17, 15) is 0 Å². The van der Waals surface area contributed by atoms with Crippen LogP contribution >= 0.6 is 23.2 Å². The largest absolute Gasteiger partial charge is 0.460 e. The van der Waals surface area contributed by atoms with Crippen LogP contribution in [0, 0.1) is 0 Å². The van der Waals surface area contributed by atoms with E-state index in [1.807, 2.05) is 24.3 Å². The molecular weight excluding hydrogens is 313 g/mol. The Kier molecular flexibility index (Phi) is 6.54. The van der Waals surface area contributed by atoms with Crippen molar-refractivity contribution in [3.05, 3.63) is 46.1 Å². The molecule has 1 aromatic carbocycles. The highest BCUT2D eigenvalue weighted by molar-refractivity contribution is 6.43. The van der Waals surface area contributed by atoms with Gasteiger partial charge in [0.1, 0.15) is 11.5 Å². The van der Waals surface area contributed by atoms with Gasteiger partial charge in [-0.1, -0.05) is 29.3 Å². The molecule has 0 spiro atoms. The molecule has 0 unspecified atom stereocenters. The van der Waals surface area contributed by atoms with E-state index in [2.05, 4.69) is 5.32 Å². The van der Waals surface area contributed by atoms with Gasteiger partial charge in [-0.05, 0) is 24.3 Å². The van der Waals surface area contributed by atoms with Crippen LogP contribution in [0.15, 0.2) is 34.7 Å². The topological polar surface area (TPSA) is 54.6 Å². The van der Waals surface area contributed by atoms with Crippen LogP contribution < -0.4 is 5.32 Å². The van der Waals surface area contributed by atoms with Gasteiger partial charge in [0.2, 0.25) is 0 Å². The predicted octanol–water partition coefficient (Wildman–Crippen LogP) is 3.35. The summed E-state index contributed by atoms with van der Waals surface area (Å²) in [5, 5.41) is 12.8. The minimum Gasteiger partial charge on any atom is -0.460 e. The second kappa shape index (κ2) is 8.41. The first-order valence-corrected chi connectivity index (χ1v) is 7.40. The van der Waals surface area contributed by atoms with Gasteiger partial charge in [0.05, 0.1) is 36.4 Å². The van der Waals surface area contributed by atoms with Gasteiger partial charge in [0.15, 0.2) is 0 Å². The number of furan rings is 1. The lowest BCUT2D eigenvalue weighted by Crippen LogP contribution is -2.19. The zero-order chi connectivity index (χ0) is 15.1. The smallest absolute Gasteiger partial charge is 0.135 e. The van der Waals surface area contributed by atoms with Crippen molar-refractivity contribution >= 4 is 23.2 Å². The Balaban J connectivity index is 1.88. The zero-order valence-electron chi connectivity index (χ0n) is 11.4. The lowest BCUT2D eigenvalue weighted by atomic mass is 10.2. The van der Waals surface area contributed by atoms with Crippen LogP contribution in [0.4, 0.5) is 0 Å². The van der Waals surface area contributed by atoms with E-state index in [4.69, 9.17) is 37.5 Å². The van der Waals surface area contributed by atoms with Crippen LogP contribution in [0.5, 0.6) is 0 Å². The molecule has 0 aliphatic rings. The lowest BCUT2D eigenvalue weighted by molar-refractivity contribution is 0.0936. The van der Waals surface area contributed by atoms with E-state index in [1.165, 1.54) is 0 Å². The van der Waals surface area contributed by atoms with E-state index in [1.54, 1.807) is 6.07 Å². The molecule has 1 heterocycles. The minimum atomic E-state index is 0.0436. The van der Waals surface area contributed by atoms with E-state index < -0.39 is 0 Å². The first-order valence-electron chi connectivity index (χ1n) is 6.65. The van der Waals surface area contributed by atoms with Gasteiger partial charge in [-0.25, -0.2) is 0 Å². The maximum Gasteiger partial charge on any atom is 0.135 e. The second-order valence-corrected chi connectivity index (χ2v) is 5.17. The Hall–Kier alpha value is -1.04. The number of hydrogen-bond donors (Lipinski definition) is 2. The number of aliphatic hydroxyl groups excluding tert-OH is 1. The molecule has 1 aromatic heterocycles. The highest BCUT2D eigenvalue weighted by Crippen LogP contribution is 2.34. The third kappa shape index (κ3) is 4.73. The monoisotopic (exact) mass is 329 g/mol. The fourth-order valence-electron chi connectivity index (χ4n) is 1.83. The van der Waals surface area contributed by atoms with Crippen LogP contribution in [0.1, 0.15) is 5.76 Å². The molecule has 2 rings (SSSR count). The normalized spacial score (nSPS) is 11.0. The molecule has 0 aliphatic heterocycles. The number of hydrogen-bond acceptors (Lipinski definition) is 4. The summed E-state index contributed by atoms with van der Waals surface area (Å²) in [6, 6.07) is 9.21. The van der Waals surface area contributed by atoms with E-state index in [0.29, 0.717) is 42.1 Å². The summed E-state index contributed by atoms with van der Waals surface area (Å²) < 4.78 is 10.9. The van der Waals surface area contributed by atoms with Crippen LogP contribution in [-0.4, -0.2) is 31.5 Å². The Morgan fingerprint density at radius 3 is 2.81 bits per heavy atom. The molecule has 0 saturated heterocycles. The van der Waals surface area contributed by atoms with Crippen molar-refractivity contribution in [2.75, 3.05) is 26.4 Å². The number of nitrogens with one attached hydrogen (secondary N) is 1. The molecule has 4 nitrogen and oxygen atoms in total. The molecule has 0 saturated carbocycles. The summed E-state index contributed by atoms with van der Waals surface area (Å²) in [5.74, 6) is 1.50. The molecule has 0 fully saturated rings.